The van der Waals surface area contributed by atoms with Gasteiger partial charge in [0.1, 0.15) is 0 Å². The summed E-state index contributed by atoms with van der Waals surface area (Å²) in [5.74, 6) is -0.0868. The molecular formula is C18H24N2O2. The minimum Gasteiger partial charge on any atom is -0.380 e. The standard InChI is InChI=1S/C18H24N2O2/c1-3-4-5-6-9-16(15-22-2)10-7-13-20-18(21)17-11-8-12-19-14-17/h3,5-6,8-9,11-12,14H,1,4,7,10,13,15H2,2H3,(H,20,21)/b6-5+,16-9-. The van der Waals surface area contributed by atoms with Gasteiger partial charge in [0.05, 0.1) is 12.2 Å². The Labute approximate surface area is 132 Å². The van der Waals surface area contributed by atoms with Crippen molar-refractivity contribution in [3.63, 3.8) is 0 Å². The zero-order valence-corrected chi connectivity index (χ0v) is 13.1. The minimum absolute atomic E-state index is 0.0868. The van der Waals surface area contributed by atoms with Crippen molar-refractivity contribution in [3.8, 4) is 0 Å². The van der Waals surface area contributed by atoms with Crippen molar-refractivity contribution in [1.29, 1.82) is 0 Å². The predicted octanol–water partition coefficient (Wildman–Crippen LogP) is 3.30. The van der Waals surface area contributed by atoms with Crippen LogP contribution >= 0.6 is 0 Å². The molecule has 0 aromatic carbocycles. The number of pyridine rings is 1. The molecule has 0 saturated carbocycles. The summed E-state index contributed by atoms with van der Waals surface area (Å²) in [6.07, 6.45) is 13.8. The maximum atomic E-state index is 11.8. The number of rotatable bonds is 10. The van der Waals surface area contributed by atoms with E-state index in [4.69, 9.17) is 4.74 Å². The molecule has 0 radical (unpaired) electrons. The lowest BCUT2D eigenvalue weighted by atomic mass is 10.1. The van der Waals surface area contributed by atoms with Gasteiger partial charge in [-0.15, -0.1) is 6.58 Å². The van der Waals surface area contributed by atoms with Crippen molar-refractivity contribution in [2.75, 3.05) is 20.3 Å². The van der Waals surface area contributed by atoms with Crippen LogP contribution in [0, 0.1) is 0 Å². The summed E-state index contributed by atoms with van der Waals surface area (Å²) < 4.78 is 5.19. The SMILES string of the molecule is C=CC/C=C/C=C(/CCCNC(=O)c1cccnc1)COC. The topological polar surface area (TPSA) is 51.2 Å². The Bertz CT molecular complexity index is 507. The summed E-state index contributed by atoms with van der Waals surface area (Å²) in [6.45, 7) is 4.91. The Balaban J connectivity index is 2.33. The molecule has 1 N–H and O–H groups in total. The summed E-state index contributed by atoms with van der Waals surface area (Å²) in [5.41, 5.74) is 1.79. The van der Waals surface area contributed by atoms with E-state index in [1.54, 1.807) is 31.6 Å². The van der Waals surface area contributed by atoms with Gasteiger partial charge < -0.3 is 10.1 Å². The van der Waals surface area contributed by atoms with Crippen LogP contribution in [0.2, 0.25) is 0 Å². The Hall–Kier alpha value is -2.20. The lowest BCUT2D eigenvalue weighted by molar-refractivity contribution is 0.0952. The van der Waals surface area contributed by atoms with Gasteiger partial charge in [-0.25, -0.2) is 0 Å². The Kier molecular flexibility index (Phi) is 9.30. The van der Waals surface area contributed by atoms with E-state index in [9.17, 15) is 4.79 Å². The molecule has 1 amide bonds. The second kappa shape index (κ2) is 11.5. The van der Waals surface area contributed by atoms with E-state index in [-0.39, 0.29) is 5.91 Å². The van der Waals surface area contributed by atoms with Crippen molar-refractivity contribution >= 4 is 5.91 Å². The van der Waals surface area contributed by atoms with Crippen LogP contribution in [0.1, 0.15) is 29.6 Å². The van der Waals surface area contributed by atoms with Crippen LogP contribution in [0.15, 0.2) is 61.0 Å². The average molecular weight is 300 g/mol. The summed E-state index contributed by atoms with van der Waals surface area (Å²) >= 11 is 0. The van der Waals surface area contributed by atoms with Crippen LogP contribution in [0.4, 0.5) is 0 Å². The lowest BCUT2D eigenvalue weighted by Gasteiger charge is -2.07. The molecule has 1 aromatic rings. The molecule has 0 spiro atoms. The van der Waals surface area contributed by atoms with Crippen molar-refractivity contribution in [3.05, 3.63) is 66.5 Å². The van der Waals surface area contributed by atoms with Crippen LogP contribution < -0.4 is 5.32 Å². The van der Waals surface area contributed by atoms with Crippen LogP contribution in [0.5, 0.6) is 0 Å². The quantitative estimate of drug-likeness (QED) is 0.410. The Morgan fingerprint density at radius 2 is 2.36 bits per heavy atom. The van der Waals surface area contributed by atoms with Crippen LogP contribution in [0.25, 0.3) is 0 Å². The number of allylic oxidation sites excluding steroid dienone is 4. The molecule has 22 heavy (non-hydrogen) atoms. The maximum Gasteiger partial charge on any atom is 0.252 e. The van der Waals surface area contributed by atoms with Crippen molar-refractivity contribution < 1.29 is 9.53 Å². The van der Waals surface area contributed by atoms with E-state index in [1.807, 2.05) is 18.2 Å². The predicted molar refractivity (Wildman–Crippen MR) is 89.7 cm³/mol. The largest absolute Gasteiger partial charge is 0.380 e. The van der Waals surface area contributed by atoms with Crippen LogP contribution in [0.3, 0.4) is 0 Å². The van der Waals surface area contributed by atoms with Gasteiger partial charge in [-0.1, -0.05) is 24.3 Å². The fraction of sp³-hybridized carbons (Fsp3) is 0.333. The fourth-order valence-corrected chi connectivity index (χ4v) is 1.88. The van der Waals surface area contributed by atoms with Gasteiger partial charge in [-0.05, 0) is 37.0 Å². The van der Waals surface area contributed by atoms with Gasteiger partial charge in [0.2, 0.25) is 0 Å². The number of methoxy groups -OCH3 is 1. The van der Waals surface area contributed by atoms with Crippen molar-refractivity contribution in [2.45, 2.75) is 19.3 Å². The number of hydrogen-bond donors (Lipinski definition) is 1. The number of aromatic nitrogens is 1. The second-order valence-corrected chi connectivity index (χ2v) is 4.81. The highest BCUT2D eigenvalue weighted by atomic mass is 16.5. The third kappa shape index (κ3) is 7.55. The number of carbonyl (C=O) groups is 1. The maximum absolute atomic E-state index is 11.8. The Morgan fingerprint density at radius 3 is 3.05 bits per heavy atom. The smallest absolute Gasteiger partial charge is 0.252 e. The number of amides is 1. The first kappa shape index (κ1) is 17.9. The van der Waals surface area contributed by atoms with Gasteiger partial charge in [0.15, 0.2) is 0 Å². The third-order valence-electron chi connectivity index (χ3n) is 2.98. The Morgan fingerprint density at radius 1 is 1.50 bits per heavy atom. The summed E-state index contributed by atoms with van der Waals surface area (Å²) in [7, 11) is 1.69. The molecule has 0 aliphatic rings. The summed E-state index contributed by atoms with van der Waals surface area (Å²) in [4.78, 5) is 15.8. The molecule has 0 aliphatic carbocycles. The van der Waals surface area contributed by atoms with E-state index in [0.29, 0.717) is 18.7 Å². The highest BCUT2D eigenvalue weighted by Crippen LogP contribution is 2.06. The molecular weight excluding hydrogens is 276 g/mol. The molecule has 0 saturated heterocycles. The molecule has 0 bridgehead atoms. The molecule has 0 unspecified atom stereocenters. The zero-order chi connectivity index (χ0) is 16.0. The molecule has 0 fully saturated rings. The number of nitrogens with one attached hydrogen (secondary N) is 1. The molecule has 1 aromatic heterocycles. The van der Waals surface area contributed by atoms with E-state index in [2.05, 4.69) is 23.0 Å². The zero-order valence-electron chi connectivity index (χ0n) is 13.1. The highest BCUT2D eigenvalue weighted by Gasteiger charge is 2.04. The fourth-order valence-electron chi connectivity index (χ4n) is 1.88. The summed E-state index contributed by atoms with van der Waals surface area (Å²) in [5, 5.41) is 2.89. The van der Waals surface area contributed by atoms with E-state index in [0.717, 1.165) is 19.3 Å². The van der Waals surface area contributed by atoms with E-state index >= 15 is 0 Å². The van der Waals surface area contributed by atoms with Crippen molar-refractivity contribution in [2.24, 2.45) is 0 Å². The molecule has 118 valence electrons. The number of carbonyl (C=O) groups excluding carboxylic acids is 1. The van der Waals surface area contributed by atoms with Gasteiger partial charge in [-0.2, -0.15) is 0 Å². The highest BCUT2D eigenvalue weighted by molar-refractivity contribution is 5.93. The van der Waals surface area contributed by atoms with Gasteiger partial charge in [0, 0.05) is 26.0 Å². The first-order valence-corrected chi connectivity index (χ1v) is 7.40. The van der Waals surface area contributed by atoms with Crippen LogP contribution in [-0.4, -0.2) is 31.2 Å². The first-order valence-electron chi connectivity index (χ1n) is 7.40. The molecule has 4 heteroatoms. The normalized spacial score (nSPS) is 11.6. The second-order valence-electron chi connectivity index (χ2n) is 4.81. The number of nitrogens with zero attached hydrogens (tertiary/aromatic N) is 1. The molecule has 0 aliphatic heterocycles. The molecule has 1 heterocycles. The lowest BCUT2D eigenvalue weighted by Crippen LogP contribution is -2.24. The van der Waals surface area contributed by atoms with E-state index < -0.39 is 0 Å². The first-order chi connectivity index (χ1) is 10.8. The third-order valence-corrected chi connectivity index (χ3v) is 2.98. The van der Waals surface area contributed by atoms with Crippen molar-refractivity contribution in [1.82, 2.24) is 10.3 Å². The monoisotopic (exact) mass is 300 g/mol. The molecule has 1 rings (SSSR count). The van der Waals surface area contributed by atoms with Gasteiger partial charge >= 0.3 is 0 Å². The van der Waals surface area contributed by atoms with Gasteiger partial charge in [0.25, 0.3) is 5.91 Å². The summed E-state index contributed by atoms with van der Waals surface area (Å²) in [6, 6.07) is 3.51. The molecule has 0 atom stereocenters. The number of ether oxygens (including phenoxy) is 1. The number of hydrogen-bond acceptors (Lipinski definition) is 3. The minimum atomic E-state index is -0.0868. The average Bonchev–Trinajstić information content (AvgIpc) is 2.56. The molecule has 4 nitrogen and oxygen atoms in total. The van der Waals surface area contributed by atoms with Crippen LogP contribution in [-0.2, 0) is 4.74 Å². The van der Waals surface area contributed by atoms with Gasteiger partial charge in [-0.3, -0.25) is 9.78 Å². The van der Waals surface area contributed by atoms with E-state index in [1.165, 1.54) is 5.57 Å².